The van der Waals surface area contributed by atoms with Crippen molar-refractivity contribution in [2.75, 3.05) is 26.2 Å². The Kier molecular flexibility index (Phi) is 7.06. The van der Waals surface area contributed by atoms with Gasteiger partial charge in [-0.05, 0) is 20.0 Å². The van der Waals surface area contributed by atoms with Crippen molar-refractivity contribution >= 4 is 0 Å². The van der Waals surface area contributed by atoms with Gasteiger partial charge in [0.25, 0.3) is 0 Å². The molecule has 126 valence electrons. The average molecular weight is 321 g/mol. The van der Waals surface area contributed by atoms with E-state index in [2.05, 4.69) is 54.9 Å². The van der Waals surface area contributed by atoms with E-state index in [1.165, 1.54) is 0 Å². The molecule has 0 amide bonds. The van der Waals surface area contributed by atoms with Crippen molar-refractivity contribution in [2.24, 2.45) is 0 Å². The second-order valence-corrected chi connectivity index (χ2v) is 5.61. The summed E-state index contributed by atoms with van der Waals surface area (Å²) in [5.41, 5.74) is 1.43. The zero-order valence-electron chi connectivity index (χ0n) is 15.0. The molecule has 0 saturated heterocycles. The monoisotopic (exact) mass is 321 g/mol. The van der Waals surface area contributed by atoms with Gasteiger partial charge in [-0.2, -0.15) is 0 Å². The minimum absolute atomic E-state index is 0.601. The van der Waals surface area contributed by atoms with Gasteiger partial charge in [-0.3, -0.25) is 4.90 Å². The second kappa shape index (κ2) is 9.27. The van der Waals surface area contributed by atoms with Crippen molar-refractivity contribution in [3.63, 3.8) is 0 Å². The van der Waals surface area contributed by atoms with Gasteiger partial charge in [0, 0.05) is 17.7 Å². The van der Waals surface area contributed by atoms with Crippen molar-refractivity contribution in [2.45, 2.75) is 26.4 Å². The van der Waals surface area contributed by atoms with Gasteiger partial charge in [-0.25, -0.2) is 0 Å². The first-order valence-corrected chi connectivity index (χ1v) is 8.74. The van der Waals surface area contributed by atoms with E-state index in [-0.39, 0.29) is 0 Å². The zero-order valence-corrected chi connectivity index (χ0v) is 15.0. The highest BCUT2D eigenvalue weighted by atomic mass is 16.5. The second-order valence-electron chi connectivity index (χ2n) is 5.61. The normalized spacial score (nSPS) is 11.2. The fraction of sp³-hybridized carbons (Fsp3) is 0.364. The molecule has 2 heteroatoms. The van der Waals surface area contributed by atoms with Crippen LogP contribution in [0.5, 0.6) is 0 Å². The van der Waals surface area contributed by atoms with Crippen molar-refractivity contribution in [3.8, 4) is 11.8 Å². The lowest BCUT2D eigenvalue weighted by Gasteiger charge is -2.30. The van der Waals surface area contributed by atoms with Gasteiger partial charge in [0.2, 0.25) is 0 Å². The van der Waals surface area contributed by atoms with Crippen LogP contribution in [0.4, 0.5) is 0 Å². The molecule has 0 radical (unpaired) electrons. The van der Waals surface area contributed by atoms with Crippen molar-refractivity contribution in [3.05, 3.63) is 71.8 Å². The van der Waals surface area contributed by atoms with Crippen LogP contribution in [-0.2, 0) is 10.3 Å². The van der Waals surface area contributed by atoms with Gasteiger partial charge in [-0.1, -0.05) is 86.4 Å². The zero-order chi connectivity index (χ0) is 17.3. The first kappa shape index (κ1) is 18.3. The van der Waals surface area contributed by atoms with Crippen LogP contribution >= 0.6 is 0 Å². The molecule has 0 spiro atoms. The number of nitrogens with zero attached hydrogens (tertiary/aromatic N) is 1. The maximum absolute atomic E-state index is 6.26. The third-order valence-electron chi connectivity index (χ3n) is 4.18. The molecule has 2 nitrogen and oxygen atoms in total. The van der Waals surface area contributed by atoms with E-state index < -0.39 is 5.60 Å². The molecule has 0 saturated carbocycles. The lowest BCUT2D eigenvalue weighted by molar-refractivity contribution is 0.0354. The Morgan fingerprint density at radius 3 is 1.75 bits per heavy atom. The molecule has 0 aliphatic heterocycles. The molecule has 0 N–H and O–H groups in total. The number of hydrogen-bond donors (Lipinski definition) is 0. The summed E-state index contributed by atoms with van der Waals surface area (Å²) in [6.07, 6.45) is 0. The fourth-order valence-electron chi connectivity index (χ4n) is 2.80. The van der Waals surface area contributed by atoms with Crippen LogP contribution in [0.2, 0.25) is 0 Å². The van der Waals surface area contributed by atoms with Gasteiger partial charge in [0.1, 0.15) is 0 Å². The SMILES string of the molecule is CCOC(C#CCN(CC)CC)(c1ccccc1)c1ccccc1. The van der Waals surface area contributed by atoms with E-state index in [1.54, 1.807) is 0 Å². The molecule has 0 aliphatic rings. The smallest absolute Gasteiger partial charge is 0.179 e. The van der Waals surface area contributed by atoms with E-state index in [9.17, 15) is 0 Å². The van der Waals surface area contributed by atoms with Crippen molar-refractivity contribution in [1.29, 1.82) is 0 Å². The number of ether oxygens (including phenoxy) is 1. The summed E-state index contributed by atoms with van der Waals surface area (Å²) in [6.45, 7) is 9.70. The summed E-state index contributed by atoms with van der Waals surface area (Å²) in [5.74, 6) is 6.81. The highest BCUT2D eigenvalue weighted by molar-refractivity contribution is 5.45. The molecule has 0 heterocycles. The number of hydrogen-bond acceptors (Lipinski definition) is 2. The molecule has 2 rings (SSSR count). The van der Waals surface area contributed by atoms with Gasteiger partial charge in [0.05, 0.1) is 6.54 Å². The predicted molar refractivity (Wildman–Crippen MR) is 101 cm³/mol. The first-order chi connectivity index (χ1) is 11.8. The van der Waals surface area contributed by atoms with Crippen LogP contribution in [0.3, 0.4) is 0 Å². The highest BCUT2D eigenvalue weighted by Gasteiger charge is 2.33. The van der Waals surface area contributed by atoms with Crippen LogP contribution in [-0.4, -0.2) is 31.1 Å². The average Bonchev–Trinajstić information content (AvgIpc) is 2.66. The molecule has 0 aliphatic carbocycles. The summed E-state index contributed by atoms with van der Waals surface area (Å²) in [6, 6.07) is 20.6. The molecular weight excluding hydrogens is 294 g/mol. The largest absolute Gasteiger partial charge is 0.354 e. The molecule has 0 fully saturated rings. The molecule has 0 aromatic heterocycles. The Balaban J connectivity index is 2.49. The summed E-state index contributed by atoms with van der Waals surface area (Å²) in [4.78, 5) is 2.31. The Morgan fingerprint density at radius 1 is 0.833 bits per heavy atom. The van der Waals surface area contributed by atoms with E-state index >= 15 is 0 Å². The Bertz CT molecular complexity index is 611. The van der Waals surface area contributed by atoms with Crippen molar-refractivity contribution < 1.29 is 4.74 Å². The Morgan fingerprint density at radius 2 is 1.33 bits per heavy atom. The standard InChI is InChI=1S/C22H27NO/c1-4-23(5-2)19-13-18-22(24-6-3,20-14-9-7-10-15-20)21-16-11-8-12-17-21/h7-12,14-17H,4-6,19H2,1-3H3. The summed E-state index contributed by atoms with van der Waals surface area (Å²) in [5, 5.41) is 0. The fourth-order valence-corrected chi connectivity index (χ4v) is 2.80. The quantitative estimate of drug-likeness (QED) is 0.705. The molecular formula is C22H27NO. The van der Waals surface area contributed by atoms with E-state index in [1.807, 2.05) is 43.3 Å². The van der Waals surface area contributed by atoms with Crippen molar-refractivity contribution in [1.82, 2.24) is 4.90 Å². The van der Waals surface area contributed by atoms with E-state index in [4.69, 9.17) is 4.74 Å². The van der Waals surface area contributed by atoms with E-state index in [0.29, 0.717) is 6.61 Å². The lowest BCUT2D eigenvalue weighted by Crippen LogP contribution is -2.30. The third kappa shape index (κ3) is 4.26. The predicted octanol–water partition coefficient (Wildman–Crippen LogP) is 4.31. The van der Waals surface area contributed by atoms with Gasteiger partial charge in [-0.15, -0.1) is 0 Å². The highest BCUT2D eigenvalue weighted by Crippen LogP contribution is 2.33. The summed E-state index contributed by atoms with van der Waals surface area (Å²) in [7, 11) is 0. The molecule has 0 unspecified atom stereocenters. The summed E-state index contributed by atoms with van der Waals surface area (Å²) < 4.78 is 6.26. The minimum Gasteiger partial charge on any atom is -0.354 e. The molecule has 0 atom stereocenters. The number of rotatable bonds is 7. The van der Waals surface area contributed by atoms with E-state index in [0.717, 1.165) is 30.8 Å². The maximum atomic E-state index is 6.26. The molecule has 2 aromatic rings. The minimum atomic E-state index is -0.718. The Hall–Kier alpha value is -2.08. The van der Waals surface area contributed by atoms with Crippen LogP contribution in [0, 0.1) is 11.8 Å². The van der Waals surface area contributed by atoms with Gasteiger partial charge >= 0.3 is 0 Å². The first-order valence-electron chi connectivity index (χ1n) is 8.74. The molecule has 24 heavy (non-hydrogen) atoms. The third-order valence-corrected chi connectivity index (χ3v) is 4.18. The molecule has 0 bridgehead atoms. The molecule has 2 aromatic carbocycles. The topological polar surface area (TPSA) is 12.5 Å². The van der Waals surface area contributed by atoms with Gasteiger partial charge < -0.3 is 4.74 Å². The number of benzene rings is 2. The van der Waals surface area contributed by atoms with Crippen LogP contribution in [0.1, 0.15) is 31.9 Å². The lowest BCUT2D eigenvalue weighted by atomic mass is 9.86. The maximum Gasteiger partial charge on any atom is 0.179 e. The van der Waals surface area contributed by atoms with Crippen LogP contribution in [0.25, 0.3) is 0 Å². The van der Waals surface area contributed by atoms with Crippen LogP contribution < -0.4 is 0 Å². The summed E-state index contributed by atoms with van der Waals surface area (Å²) >= 11 is 0. The Labute approximate surface area is 146 Å². The van der Waals surface area contributed by atoms with Gasteiger partial charge in [0.15, 0.2) is 5.60 Å². The van der Waals surface area contributed by atoms with Crippen LogP contribution in [0.15, 0.2) is 60.7 Å².